The lowest BCUT2D eigenvalue weighted by Crippen LogP contribution is -2.43. The Morgan fingerprint density at radius 1 is 1.04 bits per heavy atom. The highest BCUT2D eigenvalue weighted by Crippen LogP contribution is 2.42. The van der Waals surface area contributed by atoms with E-state index in [4.69, 9.17) is 0 Å². The summed E-state index contributed by atoms with van der Waals surface area (Å²) < 4.78 is 40.2. The minimum atomic E-state index is -0.945. The molecule has 0 aromatic heterocycles. The zero-order valence-electron chi connectivity index (χ0n) is 14.0. The molecule has 1 amide bonds. The van der Waals surface area contributed by atoms with Gasteiger partial charge in [0, 0.05) is 0 Å². The first kappa shape index (κ1) is 17.5. The van der Waals surface area contributed by atoms with Crippen molar-refractivity contribution in [2.75, 3.05) is 0 Å². The number of rotatable bonds is 4. The zero-order valence-corrected chi connectivity index (χ0v) is 14.0. The van der Waals surface area contributed by atoms with Crippen LogP contribution in [0.2, 0.25) is 0 Å². The summed E-state index contributed by atoms with van der Waals surface area (Å²) in [6.45, 7) is 1.72. The lowest BCUT2D eigenvalue weighted by Gasteiger charge is -2.30. The van der Waals surface area contributed by atoms with Crippen LogP contribution in [0.15, 0.2) is 42.5 Å². The molecule has 1 aliphatic rings. The summed E-state index contributed by atoms with van der Waals surface area (Å²) >= 11 is 0. The molecule has 5 heteroatoms. The van der Waals surface area contributed by atoms with E-state index in [1.165, 1.54) is 18.2 Å². The maximum atomic E-state index is 13.7. The quantitative estimate of drug-likeness (QED) is 0.846. The molecule has 1 aliphatic carbocycles. The summed E-state index contributed by atoms with van der Waals surface area (Å²) in [5.41, 5.74) is 0.384. The molecule has 1 atom stereocenters. The van der Waals surface area contributed by atoms with E-state index in [0.717, 1.165) is 25.0 Å². The molecular weight excluding hydrogens is 327 g/mol. The van der Waals surface area contributed by atoms with Crippen LogP contribution in [-0.4, -0.2) is 5.91 Å². The SMILES string of the molecule is CC(NC(=O)C1(c2cccc(F)c2)CCCC1)c1ccc(F)c(F)c1. The van der Waals surface area contributed by atoms with Crippen LogP contribution in [0.25, 0.3) is 0 Å². The predicted molar refractivity (Wildman–Crippen MR) is 89.5 cm³/mol. The molecule has 2 aromatic rings. The molecular formula is C20H20F3NO. The van der Waals surface area contributed by atoms with Crippen molar-refractivity contribution in [1.29, 1.82) is 0 Å². The van der Waals surface area contributed by atoms with E-state index in [2.05, 4.69) is 5.32 Å². The van der Waals surface area contributed by atoms with Crippen LogP contribution in [-0.2, 0) is 10.2 Å². The molecule has 25 heavy (non-hydrogen) atoms. The largest absolute Gasteiger partial charge is 0.349 e. The van der Waals surface area contributed by atoms with Crippen LogP contribution in [0, 0.1) is 17.5 Å². The van der Waals surface area contributed by atoms with Crippen molar-refractivity contribution in [3.05, 3.63) is 71.0 Å². The van der Waals surface area contributed by atoms with Crippen molar-refractivity contribution in [1.82, 2.24) is 5.32 Å². The van der Waals surface area contributed by atoms with Crippen molar-refractivity contribution < 1.29 is 18.0 Å². The minimum Gasteiger partial charge on any atom is -0.349 e. The molecule has 0 aliphatic heterocycles. The van der Waals surface area contributed by atoms with Gasteiger partial charge in [0.05, 0.1) is 11.5 Å². The van der Waals surface area contributed by atoms with Crippen molar-refractivity contribution in [2.45, 2.75) is 44.1 Å². The second-order valence-corrected chi connectivity index (χ2v) is 6.67. The highest BCUT2D eigenvalue weighted by Gasteiger charge is 2.43. The maximum absolute atomic E-state index is 13.7. The fraction of sp³-hybridized carbons (Fsp3) is 0.350. The van der Waals surface area contributed by atoms with E-state index in [0.29, 0.717) is 24.0 Å². The Morgan fingerprint density at radius 2 is 1.76 bits per heavy atom. The average Bonchev–Trinajstić information content (AvgIpc) is 3.08. The molecule has 2 aromatic carbocycles. The van der Waals surface area contributed by atoms with E-state index in [1.807, 2.05) is 0 Å². The number of carbonyl (C=O) groups is 1. The maximum Gasteiger partial charge on any atom is 0.231 e. The van der Waals surface area contributed by atoms with Gasteiger partial charge in [0.2, 0.25) is 5.91 Å². The Kier molecular flexibility index (Phi) is 4.84. The van der Waals surface area contributed by atoms with Crippen molar-refractivity contribution in [2.24, 2.45) is 0 Å². The fourth-order valence-electron chi connectivity index (χ4n) is 3.61. The van der Waals surface area contributed by atoms with Crippen molar-refractivity contribution in [3.8, 4) is 0 Å². The molecule has 2 nitrogen and oxygen atoms in total. The van der Waals surface area contributed by atoms with Crippen molar-refractivity contribution in [3.63, 3.8) is 0 Å². The third-order valence-electron chi connectivity index (χ3n) is 5.06. The Labute approximate surface area is 145 Å². The van der Waals surface area contributed by atoms with Gasteiger partial charge in [-0.05, 0) is 55.2 Å². The first-order chi connectivity index (χ1) is 11.9. The first-order valence-electron chi connectivity index (χ1n) is 8.44. The van der Waals surface area contributed by atoms with Crippen LogP contribution in [0.5, 0.6) is 0 Å². The number of nitrogens with one attached hydrogen (secondary N) is 1. The number of carbonyl (C=O) groups excluding carboxylic acids is 1. The van der Waals surface area contributed by atoms with E-state index < -0.39 is 23.1 Å². The molecule has 0 radical (unpaired) electrons. The Balaban J connectivity index is 1.85. The smallest absolute Gasteiger partial charge is 0.231 e. The molecule has 0 spiro atoms. The normalized spacial score (nSPS) is 17.3. The first-order valence-corrected chi connectivity index (χ1v) is 8.44. The van der Waals surface area contributed by atoms with Gasteiger partial charge in [-0.15, -0.1) is 0 Å². The summed E-state index contributed by atoms with van der Waals surface area (Å²) in [7, 11) is 0. The number of benzene rings is 2. The summed E-state index contributed by atoms with van der Waals surface area (Å²) in [5, 5.41) is 2.89. The third-order valence-corrected chi connectivity index (χ3v) is 5.06. The lowest BCUT2D eigenvalue weighted by atomic mass is 9.77. The van der Waals surface area contributed by atoms with Gasteiger partial charge in [-0.1, -0.05) is 31.0 Å². The zero-order chi connectivity index (χ0) is 18.0. The molecule has 0 bridgehead atoms. The van der Waals surface area contributed by atoms with Gasteiger partial charge < -0.3 is 5.32 Å². The summed E-state index contributed by atoms with van der Waals surface area (Å²) in [5.74, 6) is -2.44. The van der Waals surface area contributed by atoms with Gasteiger partial charge in [0.25, 0.3) is 0 Å². The van der Waals surface area contributed by atoms with Gasteiger partial charge in [0.15, 0.2) is 11.6 Å². The van der Waals surface area contributed by atoms with Gasteiger partial charge >= 0.3 is 0 Å². The van der Waals surface area contributed by atoms with Gasteiger partial charge in [-0.3, -0.25) is 4.79 Å². The van der Waals surface area contributed by atoms with E-state index in [9.17, 15) is 18.0 Å². The van der Waals surface area contributed by atoms with Crippen LogP contribution >= 0.6 is 0 Å². The van der Waals surface area contributed by atoms with Crippen LogP contribution < -0.4 is 5.32 Å². The summed E-state index contributed by atoms with van der Waals surface area (Å²) in [4.78, 5) is 13.0. The summed E-state index contributed by atoms with van der Waals surface area (Å²) in [6.07, 6.45) is 3.08. The highest BCUT2D eigenvalue weighted by atomic mass is 19.2. The molecule has 3 rings (SSSR count). The van der Waals surface area contributed by atoms with Crippen LogP contribution in [0.1, 0.15) is 49.8 Å². The highest BCUT2D eigenvalue weighted by molar-refractivity contribution is 5.89. The Bertz CT molecular complexity index is 784. The van der Waals surface area contributed by atoms with E-state index in [-0.39, 0.29) is 11.7 Å². The standard InChI is InChI=1S/C20H20F3NO/c1-13(14-7-8-17(22)18(23)11-14)24-19(25)20(9-2-3-10-20)15-5-4-6-16(21)12-15/h4-8,11-13H,2-3,9-10H2,1H3,(H,24,25). The monoisotopic (exact) mass is 347 g/mol. The number of halogens is 3. The third kappa shape index (κ3) is 3.41. The van der Waals surface area contributed by atoms with Gasteiger partial charge in [0.1, 0.15) is 5.82 Å². The number of amides is 1. The van der Waals surface area contributed by atoms with Crippen LogP contribution in [0.4, 0.5) is 13.2 Å². The Morgan fingerprint density at radius 3 is 2.40 bits per heavy atom. The molecule has 0 heterocycles. The molecule has 0 saturated heterocycles. The average molecular weight is 347 g/mol. The van der Waals surface area contributed by atoms with Gasteiger partial charge in [-0.2, -0.15) is 0 Å². The van der Waals surface area contributed by atoms with E-state index >= 15 is 0 Å². The van der Waals surface area contributed by atoms with Crippen LogP contribution in [0.3, 0.4) is 0 Å². The van der Waals surface area contributed by atoms with Gasteiger partial charge in [-0.25, -0.2) is 13.2 Å². The number of hydrogen-bond acceptors (Lipinski definition) is 1. The second kappa shape index (κ2) is 6.90. The molecule has 132 valence electrons. The molecule has 1 fully saturated rings. The minimum absolute atomic E-state index is 0.201. The second-order valence-electron chi connectivity index (χ2n) is 6.67. The molecule has 1 saturated carbocycles. The number of hydrogen-bond donors (Lipinski definition) is 1. The molecule has 1 N–H and O–H groups in total. The van der Waals surface area contributed by atoms with Crippen molar-refractivity contribution >= 4 is 5.91 Å². The Hall–Kier alpha value is -2.30. The van der Waals surface area contributed by atoms with E-state index in [1.54, 1.807) is 19.1 Å². The molecule has 1 unspecified atom stereocenters. The topological polar surface area (TPSA) is 29.1 Å². The lowest BCUT2D eigenvalue weighted by molar-refractivity contribution is -0.127. The predicted octanol–water partition coefficient (Wildman–Crippen LogP) is 4.79. The fourth-order valence-corrected chi connectivity index (χ4v) is 3.61. The summed E-state index contributed by atoms with van der Waals surface area (Å²) in [6, 6.07) is 9.25.